The van der Waals surface area contributed by atoms with Crippen LogP contribution in [0, 0.1) is 5.82 Å². The van der Waals surface area contributed by atoms with E-state index in [0.29, 0.717) is 18.7 Å². The summed E-state index contributed by atoms with van der Waals surface area (Å²) in [6.07, 6.45) is 3.36. The van der Waals surface area contributed by atoms with Gasteiger partial charge < -0.3 is 15.5 Å². The Morgan fingerprint density at radius 1 is 1.11 bits per heavy atom. The molecule has 0 radical (unpaired) electrons. The van der Waals surface area contributed by atoms with Gasteiger partial charge in [0.25, 0.3) is 11.8 Å². The fourth-order valence-electron chi connectivity index (χ4n) is 4.80. The predicted molar refractivity (Wildman–Crippen MR) is 141 cm³/mol. The van der Waals surface area contributed by atoms with E-state index in [1.165, 1.54) is 12.1 Å². The summed E-state index contributed by atoms with van der Waals surface area (Å²) >= 11 is 1.64. The Kier molecular flexibility index (Phi) is 8.32. The molecule has 190 valence electrons. The average Bonchev–Trinajstić information content (AvgIpc) is 3.40. The molecule has 1 aliphatic rings. The normalized spacial score (nSPS) is 14.5. The Balaban J connectivity index is 1.65. The van der Waals surface area contributed by atoms with Gasteiger partial charge in [-0.2, -0.15) is 0 Å². The maximum atomic E-state index is 15.3. The number of piperidine rings is 1. The molecule has 1 saturated heterocycles. The predicted octanol–water partition coefficient (Wildman–Crippen LogP) is 4.67. The molecule has 0 unspecified atom stereocenters. The summed E-state index contributed by atoms with van der Waals surface area (Å²) < 4.78 is 15.3. The third kappa shape index (κ3) is 5.57. The zero-order valence-corrected chi connectivity index (χ0v) is 21.5. The molecule has 1 fully saturated rings. The van der Waals surface area contributed by atoms with E-state index in [1.54, 1.807) is 34.4 Å². The van der Waals surface area contributed by atoms with Crippen molar-refractivity contribution in [3.8, 4) is 0 Å². The summed E-state index contributed by atoms with van der Waals surface area (Å²) in [5.41, 5.74) is 7.28. The Morgan fingerprint density at radius 2 is 1.81 bits per heavy atom. The van der Waals surface area contributed by atoms with E-state index in [9.17, 15) is 9.59 Å². The third-order valence-electron chi connectivity index (χ3n) is 6.70. The van der Waals surface area contributed by atoms with Crippen molar-refractivity contribution >= 4 is 34.5 Å². The topological polar surface area (TPSA) is 82.8 Å². The monoisotopic (exact) mass is 509 g/mol. The number of rotatable bonds is 9. The molecule has 2 heterocycles. The lowest BCUT2D eigenvalue weighted by Gasteiger charge is -2.40. The van der Waals surface area contributed by atoms with Crippen LogP contribution in [0.2, 0.25) is 0 Å². The van der Waals surface area contributed by atoms with Gasteiger partial charge in [-0.25, -0.2) is 9.37 Å². The second-order valence-electron chi connectivity index (χ2n) is 8.83. The zero-order valence-electron chi connectivity index (χ0n) is 20.7. The highest BCUT2D eigenvalue weighted by Gasteiger charge is 2.30. The van der Waals surface area contributed by atoms with Gasteiger partial charge in [0.2, 0.25) is 0 Å². The first-order chi connectivity index (χ1) is 17.4. The average molecular weight is 510 g/mol. The van der Waals surface area contributed by atoms with Crippen molar-refractivity contribution in [3.63, 3.8) is 0 Å². The number of aromatic nitrogens is 1. The van der Waals surface area contributed by atoms with E-state index in [2.05, 4.69) is 9.88 Å². The number of primary amides is 1. The second-order valence-corrected chi connectivity index (χ2v) is 9.81. The van der Waals surface area contributed by atoms with Gasteiger partial charge in [0.1, 0.15) is 10.8 Å². The lowest BCUT2D eigenvalue weighted by molar-refractivity contribution is 0.0772. The number of likely N-dealkylation sites (tertiary alicyclic amines) is 1. The minimum Gasteiger partial charge on any atom is -0.366 e. The van der Waals surface area contributed by atoms with Crippen LogP contribution in [0.4, 0.5) is 15.8 Å². The number of nitrogens with zero attached hydrogens (tertiary/aromatic N) is 4. The Morgan fingerprint density at radius 3 is 2.39 bits per heavy atom. The van der Waals surface area contributed by atoms with Crippen molar-refractivity contribution in [2.75, 3.05) is 31.1 Å². The number of amides is 2. The first kappa shape index (κ1) is 25.8. The first-order valence-electron chi connectivity index (χ1n) is 12.3. The molecule has 4 rings (SSSR count). The van der Waals surface area contributed by atoms with Gasteiger partial charge in [0.15, 0.2) is 0 Å². The molecule has 0 saturated carbocycles. The van der Waals surface area contributed by atoms with E-state index in [0.717, 1.165) is 43.2 Å². The number of nitrogens with two attached hydrogens (primary N) is 1. The van der Waals surface area contributed by atoms with Crippen LogP contribution in [0.1, 0.15) is 52.4 Å². The Bertz CT molecular complexity index is 1170. The molecule has 0 spiro atoms. The van der Waals surface area contributed by atoms with E-state index in [1.807, 2.05) is 42.5 Å². The molecule has 0 atom stereocenters. The number of halogens is 1. The number of hydrogen-bond acceptors (Lipinski definition) is 6. The molecule has 1 aromatic heterocycles. The highest BCUT2D eigenvalue weighted by Crippen LogP contribution is 2.36. The van der Waals surface area contributed by atoms with Crippen molar-refractivity contribution in [1.29, 1.82) is 0 Å². The van der Waals surface area contributed by atoms with Gasteiger partial charge in [0, 0.05) is 55.0 Å². The van der Waals surface area contributed by atoms with Crippen LogP contribution >= 0.6 is 11.3 Å². The van der Waals surface area contributed by atoms with Crippen molar-refractivity contribution < 1.29 is 14.0 Å². The smallest absolute Gasteiger partial charge is 0.253 e. The fourth-order valence-corrected chi connectivity index (χ4v) is 5.46. The lowest BCUT2D eigenvalue weighted by atomic mass is 9.99. The van der Waals surface area contributed by atoms with Gasteiger partial charge in [-0.15, -0.1) is 11.3 Å². The van der Waals surface area contributed by atoms with Crippen LogP contribution in [0.5, 0.6) is 0 Å². The summed E-state index contributed by atoms with van der Waals surface area (Å²) in [6, 6.07) is 11.6. The van der Waals surface area contributed by atoms with Crippen molar-refractivity contribution in [1.82, 2.24) is 14.8 Å². The number of para-hydroxylation sites is 1. The van der Waals surface area contributed by atoms with Crippen LogP contribution in [0.25, 0.3) is 0 Å². The SMILES string of the molecule is CCN(CC)C(=O)c1ccc(N(c2c(F)cccc2C(N)=O)C2CCN(Cc3nccs3)CC2)cc1. The second kappa shape index (κ2) is 11.6. The Labute approximate surface area is 215 Å². The van der Waals surface area contributed by atoms with E-state index in [4.69, 9.17) is 5.73 Å². The van der Waals surface area contributed by atoms with Crippen LogP contribution in [-0.2, 0) is 6.54 Å². The minimum atomic E-state index is -0.677. The van der Waals surface area contributed by atoms with Crippen LogP contribution < -0.4 is 10.6 Å². The van der Waals surface area contributed by atoms with Crippen molar-refractivity contribution in [2.45, 2.75) is 39.3 Å². The number of hydrogen-bond donors (Lipinski definition) is 1. The van der Waals surface area contributed by atoms with Crippen LogP contribution in [0.15, 0.2) is 54.0 Å². The molecular weight excluding hydrogens is 477 g/mol. The van der Waals surface area contributed by atoms with Gasteiger partial charge in [0.05, 0.1) is 17.8 Å². The standard InChI is InChI=1S/C27H32FN5O2S/c1-3-32(4-2)27(35)19-8-10-20(11-9-19)33(25-22(26(29)34)6-5-7-23(25)28)21-12-15-31(16-13-21)18-24-30-14-17-36-24/h5-11,14,17,21H,3-4,12-13,15-16,18H2,1-2H3,(H2,29,34). The molecule has 0 aliphatic carbocycles. The molecule has 1 aliphatic heterocycles. The van der Waals surface area contributed by atoms with Gasteiger partial charge >= 0.3 is 0 Å². The number of carbonyl (C=O) groups is 2. The summed E-state index contributed by atoms with van der Waals surface area (Å²) in [4.78, 5) is 35.5. The molecule has 2 N–H and O–H groups in total. The molecule has 3 aromatic rings. The van der Waals surface area contributed by atoms with Gasteiger partial charge in [-0.1, -0.05) is 6.07 Å². The number of anilines is 2. The summed E-state index contributed by atoms with van der Waals surface area (Å²) in [7, 11) is 0. The van der Waals surface area contributed by atoms with Crippen molar-refractivity contribution in [3.05, 3.63) is 76.0 Å². The number of thiazole rings is 1. The number of benzene rings is 2. The molecule has 2 aromatic carbocycles. The largest absolute Gasteiger partial charge is 0.366 e. The van der Waals surface area contributed by atoms with Gasteiger partial charge in [-0.3, -0.25) is 14.5 Å². The molecule has 36 heavy (non-hydrogen) atoms. The molecule has 7 nitrogen and oxygen atoms in total. The van der Waals surface area contributed by atoms with Crippen LogP contribution in [0.3, 0.4) is 0 Å². The third-order valence-corrected chi connectivity index (χ3v) is 7.47. The van der Waals surface area contributed by atoms with E-state index in [-0.39, 0.29) is 23.2 Å². The first-order valence-corrected chi connectivity index (χ1v) is 13.2. The summed E-state index contributed by atoms with van der Waals surface area (Å²) in [5, 5.41) is 3.05. The Hall–Kier alpha value is -3.30. The van der Waals surface area contributed by atoms with Crippen LogP contribution in [-0.4, -0.2) is 58.8 Å². The summed E-state index contributed by atoms with van der Waals surface area (Å²) in [6.45, 7) is 7.57. The maximum absolute atomic E-state index is 15.3. The zero-order chi connectivity index (χ0) is 25.7. The lowest BCUT2D eigenvalue weighted by Crippen LogP contribution is -2.43. The van der Waals surface area contributed by atoms with E-state index >= 15 is 4.39 Å². The molecular formula is C27H32FN5O2S. The highest BCUT2D eigenvalue weighted by molar-refractivity contribution is 7.09. The van der Waals surface area contributed by atoms with Crippen molar-refractivity contribution in [2.24, 2.45) is 5.73 Å². The number of carbonyl (C=O) groups excluding carboxylic acids is 2. The maximum Gasteiger partial charge on any atom is 0.253 e. The molecule has 2 amide bonds. The minimum absolute atomic E-state index is 0.0442. The summed E-state index contributed by atoms with van der Waals surface area (Å²) in [5.74, 6) is -1.22. The van der Waals surface area contributed by atoms with Gasteiger partial charge in [-0.05, 0) is 63.1 Å². The highest BCUT2D eigenvalue weighted by atomic mass is 32.1. The quantitative estimate of drug-likeness (QED) is 0.453. The fraction of sp³-hybridized carbons (Fsp3) is 0.370. The molecule has 9 heteroatoms. The molecule has 0 bridgehead atoms. The van der Waals surface area contributed by atoms with E-state index < -0.39 is 11.7 Å².